The Hall–Kier alpha value is -1.43. The van der Waals surface area contributed by atoms with Gasteiger partial charge in [-0.25, -0.2) is 0 Å². The Balaban J connectivity index is 2.87. The lowest BCUT2D eigenvalue weighted by Gasteiger charge is -2.40. The zero-order valence-electron chi connectivity index (χ0n) is 9.74. The minimum absolute atomic E-state index is 0.0930. The summed E-state index contributed by atoms with van der Waals surface area (Å²) in [5.74, 6) is -1.19. The fraction of sp³-hybridized carbons (Fsp3) is 0.700. The van der Waals surface area contributed by atoms with E-state index in [4.69, 9.17) is 5.73 Å². The summed E-state index contributed by atoms with van der Waals surface area (Å²) in [7, 11) is 0. The van der Waals surface area contributed by atoms with Gasteiger partial charge in [-0.3, -0.25) is 19.7 Å². The van der Waals surface area contributed by atoms with E-state index in [1.165, 1.54) is 4.90 Å². The summed E-state index contributed by atoms with van der Waals surface area (Å²) in [6, 6.07) is -0.289. The highest BCUT2D eigenvalue weighted by atomic mass is 16.2. The number of rotatable bonds is 2. The fourth-order valence-electron chi connectivity index (χ4n) is 1.57. The molecule has 3 amide bonds. The number of imide groups is 1. The van der Waals surface area contributed by atoms with Gasteiger partial charge in [0.15, 0.2) is 0 Å². The van der Waals surface area contributed by atoms with Crippen LogP contribution in [0.1, 0.15) is 27.2 Å². The molecule has 0 saturated carbocycles. The summed E-state index contributed by atoms with van der Waals surface area (Å²) in [6.45, 7) is 4.82. The van der Waals surface area contributed by atoms with Crippen molar-refractivity contribution in [1.82, 2.24) is 10.2 Å². The van der Waals surface area contributed by atoms with Gasteiger partial charge in [-0.05, 0) is 20.8 Å². The molecule has 90 valence electrons. The first-order chi connectivity index (χ1) is 7.25. The Labute approximate surface area is 94.2 Å². The first-order valence-electron chi connectivity index (χ1n) is 5.15. The smallest absolute Gasteiger partial charge is 0.252 e. The summed E-state index contributed by atoms with van der Waals surface area (Å²) in [4.78, 5) is 35.9. The summed E-state index contributed by atoms with van der Waals surface area (Å²) in [5.41, 5.74) is 4.52. The standard InChI is InChI=1S/C10H17N3O3/c1-6(11)4-8(15)13-5-7(14)12-9(16)10(13,2)3/h6H,4-5,11H2,1-3H3,(H,12,14,16). The van der Waals surface area contributed by atoms with Gasteiger partial charge < -0.3 is 10.6 Å². The lowest BCUT2D eigenvalue weighted by atomic mass is 9.97. The van der Waals surface area contributed by atoms with E-state index in [0.717, 1.165) is 0 Å². The van der Waals surface area contributed by atoms with Crippen LogP contribution in [0.5, 0.6) is 0 Å². The van der Waals surface area contributed by atoms with Crippen LogP contribution in [-0.2, 0) is 14.4 Å². The van der Waals surface area contributed by atoms with Crippen molar-refractivity contribution >= 4 is 17.7 Å². The minimum atomic E-state index is -1.00. The summed E-state index contributed by atoms with van der Waals surface area (Å²) in [5, 5.41) is 2.20. The van der Waals surface area contributed by atoms with Crippen LogP contribution in [0, 0.1) is 0 Å². The lowest BCUT2D eigenvalue weighted by Crippen LogP contribution is -2.65. The SMILES string of the molecule is CC(N)CC(=O)N1CC(=O)NC(=O)C1(C)C. The number of carbonyl (C=O) groups excluding carboxylic acids is 3. The van der Waals surface area contributed by atoms with E-state index in [2.05, 4.69) is 5.32 Å². The molecule has 6 nitrogen and oxygen atoms in total. The van der Waals surface area contributed by atoms with Gasteiger partial charge in [0.1, 0.15) is 12.1 Å². The van der Waals surface area contributed by atoms with Crippen molar-refractivity contribution in [1.29, 1.82) is 0 Å². The highest BCUT2D eigenvalue weighted by Gasteiger charge is 2.43. The summed E-state index contributed by atoms with van der Waals surface area (Å²) in [6.07, 6.45) is 0.129. The zero-order chi connectivity index (χ0) is 12.5. The number of nitrogens with two attached hydrogens (primary N) is 1. The normalized spacial score (nSPS) is 21.6. The third-order valence-corrected chi connectivity index (χ3v) is 2.58. The van der Waals surface area contributed by atoms with E-state index in [-0.39, 0.29) is 24.9 Å². The topological polar surface area (TPSA) is 92.5 Å². The Morgan fingerprint density at radius 1 is 1.56 bits per heavy atom. The molecule has 6 heteroatoms. The van der Waals surface area contributed by atoms with E-state index >= 15 is 0 Å². The lowest BCUT2D eigenvalue weighted by molar-refractivity contribution is -0.155. The Bertz CT molecular complexity index is 336. The predicted octanol–water partition coefficient (Wildman–Crippen LogP) is -1.01. The van der Waals surface area contributed by atoms with Crippen molar-refractivity contribution in [3.8, 4) is 0 Å². The molecule has 1 aliphatic heterocycles. The number of hydrogen-bond acceptors (Lipinski definition) is 4. The quantitative estimate of drug-likeness (QED) is 0.591. The van der Waals surface area contributed by atoms with Crippen molar-refractivity contribution in [3.05, 3.63) is 0 Å². The maximum absolute atomic E-state index is 11.8. The van der Waals surface area contributed by atoms with Gasteiger partial charge in [-0.15, -0.1) is 0 Å². The van der Waals surface area contributed by atoms with Crippen LogP contribution in [0.4, 0.5) is 0 Å². The van der Waals surface area contributed by atoms with Gasteiger partial charge in [-0.2, -0.15) is 0 Å². The van der Waals surface area contributed by atoms with Crippen LogP contribution >= 0.6 is 0 Å². The highest BCUT2D eigenvalue weighted by Crippen LogP contribution is 2.19. The second-order valence-electron chi connectivity index (χ2n) is 4.60. The summed E-state index contributed by atoms with van der Waals surface area (Å²) >= 11 is 0. The molecule has 0 spiro atoms. The maximum Gasteiger partial charge on any atom is 0.252 e. The first kappa shape index (κ1) is 12.6. The number of amides is 3. The number of piperazine rings is 1. The van der Waals surface area contributed by atoms with Gasteiger partial charge in [0, 0.05) is 12.5 Å². The van der Waals surface area contributed by atoms with Gasteiger partial charge in [0.25, 0.3) is 5.91 Å². The molecule has 1 aliphatic rings. The van der Waals surface area contributed by atoms with Gasteiger partial charge in [0.2, 0.25) is 11.8 Å². The second kappa shape index (κ2) is 4.21. The highest BCUT2D eigenvalue weighted by molar-refractivity contribution is 6.06. The molecule has 1 atom stereocenters. The van der Waals surface area contributed by atoms with E-state index < -0.39 is 17.4 Å². The molecule has 16 heavy (non-hydrogen) atoms. The fourth-order valence-corrected chi connectivity index (χ4v) is 1.57. The second-order valence-corrected chi connectivity index (χ2v) is 4.60. The molecule has 0 aromatic heterocycles. The molecular formula is C10H17N3O3. The van der Waals surface area contributed by atoms with Crippen molar-refractivity contribution in [3.63, 3.8) is 0 Å². The molecule has 0 radical (unpaired) electrons. The van der Waals surface area contributed by atoms with Gasteiger partial charge in [0.05, 0.1) is 0 Å². The molecule has 1 heterocycles. The number of nitrogens with zero attached hydrogens (tertiary/aromatic N) is 1. The first-order valence-corrected chi connectivity index (χ1v) is 5.15. The van der Waals surface area contributed by atoms with E-state index in [1.807, 2.05) is 0 Å². The molecule has 1 unspecified atom stereocenters. The largest absolute Gasteiger partial charge is 0.327 e. The molecule has 0 bridgehead atoms. The molecule has 3 N–H and O–H groups in total. The predicted molar refractivity (Wildman–Crippen MR) is 57.2 cm³/mol. The molecule has 1 saturated heterocycles. The van der Waals surface area contributed by atoms with Gasteiger partial charge >= 0.3 is 0 Å². The average molecular weight is 227 g/mol. The van der Waals surface area contributed by atoms with Gasteiger partial charge in [-0.1, -0.05) is 0 Å². The van der Waals surface area contributed by atoms with Crippen LogP contribution in [0.3, 0.4) is 0 Å². The zero-order valence-corrected chi connectivity index (χ0v) is 9.74. The minimum Gasteiger partial charge on any atom is -0.327 e. The van der Waals surface area contributed by atoms with Crippen LogP contribution < -0.4 is 11.1 Å². The van der Waals surface area contributed by atoms with E-state index in [0.29, 0.717) is 0 Å². The Morgan fingerprint density at radius 3 is 2.62 bits per heavy atom. The number of carbonyl (C=O) groups is 3. The van der Waals surface area contributed by atoms with Crippen LogP contribution in [0.15, 0.2) is 0 Å². The van der Waals surface area contributed by atoms with E-state index in [1.54, 1.807) is 20.8 Å². The average Bonchev–Trinajstić information content (AvgIpc) is 2.10. The number of hydrogen-bond donors (Lipinski definition) is 2. The third-order valence-electron chi connectivity index (χ3n) is 2.58. The van der Waals surface area contributed by atoms with E-state index in [9.17, 15) is 14.4 Å². The van der Waals surface area contributed by atoms with Crippen molar-refractivity contribution in [2.24, 2.45) is 5.73 Å². The van der Waals surface area contributed by atoms with Crippen LogP contribution in [-0.4, -0.2) is 40.7 Å². The van der Waals surface area contributed by atoms with Crippen molar-refractivity contribution in [2.45, 2.75) is 38.8 Å². The van der Waals surface area contributed by atoms with Crippen molar-refractivity contribution in [2.75, 3.05) is 6.54 Å². The number of nitrogens with one attached hydrogen (secondary N) is 1. The molecular weight excluding hydrogens is 210 g/mol. The summed E-state index contributed by atoms with van der Waals surface area (Å²) < 4.78 is 0. The third kappa shape index (κ3) is 2.38. The molecule has 0 aliphatic carbocycles. The van der Waals surface area contributed by atoms with Crippen molar-refractivity contribution < 1.29 is 14.4 Å². The van der Waals surface area contributed by atoms with Crippen LogP contribution in [0.25, 0.3) is 0 Å². The molecule has 1 fully saturated rings. The monoisotopic (exact) mass is 227 g/mol. The maximum atomic E-state index is 11.8. The Morgan fingerprint density at radius 2 is 2.12 bits per heavy atom. The Kier molecular flexibility index (Phi) is 3.32. The van der Waals surface area contributed by atoms with Crippen LogP contribution in [0.2, 0.25) is 0 Å². The molecule has 0 aromatic carbocycles. The molecule has 1 rings (SSSR count). The molecule has 0 aromatic rings.